The fourth-order valence-corrected chi connectivity index (χ4v) is 3.88. The minimum Gasteiger partial charge on any atom is -0.460 e. The summed E-state index contributed by atoms with van der Waals surface area (Å²) in [6, 6.07) is 16.7. The zero-order valence-electron chi connectivity index (χ0n) is 23.7. The third kappa shape index (κ3) is 10.4. The molecule has 2 aromatic carbocycles. The van der Waals surface area contributed by atoms with Gasteiger partial charge in [0.25, 0.3) is 0 Å². The summed E-state index contributed by atoms with van der Waals surface area (Å²) in [6.45, 7) is 9.44. The molecule has 0 radical (unpaired) electrons. The standard InChI is InChI=1S/C30H40N4O6/c1-5-33(6-2)29(37)31-25(23-15-11-9-12-16-23)21-39-27(35)19-20-28(36)40-22-26(24-17-13-10-14-18-24)32-30(38)34(7-3)8-4/h9-20,25-26H,5-8,21-22H2,1-4H3,(H,31,37)(H,32,38)/b20-19+/t25-,26-/m0/s1. The molecule has 0 heterocycles. The quantitative estimate of drug-likeness (QED) is 0.268. The molecule has 10 heteroatoms. The van der Waals surface area contributed by atoms with Gasteiger partial charge in [0.2, 0.25) is 0 Å². The lowest BCUT2D eigenvalue weighted by molar-refractivity contribution is -0.141. The highest BCUT2D eigenvalue weighted by Crippen LogP contribution is 2.15. The fraction of sp³-hybridized carbons (Fsp3) is 0.400. The minimum atomic E-state index is -0.760. The topological polar surface area (TPSA) is 117 Å². The molecule has 0 aliphatic rings. The van der Waals surface area contributed by atoms with Gasteiger partial charge in [0.15, 0.2) is 0 Å². The van der Waals surface area contributed by atoms with Crippen LogP contribution < -0.4 is 10.6 Å². The van der Waals surface area contributed by atoms with Gasteiger partial charge in [0.1, 0.15) is 13.2 Å². The SMILES string of the molecule is CCN(CC)C(=O)N[C@@H](COC(=O)/C=C/C(=O)OC[C@H](NC(=O)N(CC)CC)c1ccccc1)c1ccccc1. The third-order valence-corrected chi connectivity index (χ3v) is 6.24. The Kier molecular flexibility index (Phi) is 13.8. The number of carbonyl (C=O) groups excluding carboxylic acids is 4. The Bertz CT molecular complexity index is 1010. The highest BCUT2D eigenvalue weighted by atomic mass is 16.5. The summed E-state index contributed by atoms with van der Waals surface area (Å²) in [6.07, 6.45) is 1.95. The van der Waals surface area contributed by atoms with Gasteiger partial charge < -0.3 is 29.9 Å². The van der Waals surface area contributed by atoms with Crippen molar-refractivity contribution in [1.29, 1.82) is 0 Å². The first-order chi connectivity index (χ1) is 19.3. The van der Waals surface area contributed by atoms with E-state index in [4.69, 9.17) is 9.47 Å². The molecule has 40 heavy (non-hydrogen) atoms. The Labute approximate surface area is 236 Å². The molecule has 2 aromatic rings. The largest absolute Gasteiger partial charge is 0.460 e. The van der Waals surface area contributed by atoms with Crippen LogP contribution in [0.25, 0.3) is 0 Å². The summed E-state index contributed by atoms with van der Waals surface area (Å²) in [7, 11) is 0. The summed E-state index contributed by atoms with van der Waals surface area (Å²) in [5.74, 6) is -1.52. The minimum absolute atomic E-state index is 0.122. The van der Waals surface area contributed by atoms with E-state index in [0.29, 0.717) is 26.2 Å². The number of nitrogens with zero attached hydrogens (tertiary/aromatic N) is 2. The van der Waals surface area contributed by atoms with Crippen LogP contribution in [0.1, 0.15) is 50.9 Å². The number of carbonyl (C=O) groups is 4. The Balaban J connectivity index is 1.97. The fourth-order valence-electron chi connectivity index (χ4n) is 3.88. The van der Waals surface area contributed by atoms with Gasteiger partial charge in [-0.05, 0) is 38.8 Å². The molecule has 216 valence electrons. The van der Waals surface area contributed by atoms with E-state index in [2.05, 4.69) is 10.6 Å². The molecule has 0 fully saturated rings. The van der Waals surface area contributed by atoms with Crippen LogP contribution >= 0.6 is 0 Å². The highest BCUT2D eigenvalue weighted by Gasteiger charge is 2.20. The summed E-state index contributed by atoms with van der Waals surface area (Å²) in [4.78, 5) is 53.1. The molecule has 2 N–H and O–H groups in total. The number of hydrogen-bond donors (Lipinski definition) is 2. The first-order valence-electron chi connectivity index (χ1n) is 13.5. The second-order valence-corrected chi connectivity index (χ2v) is 8.76. The van der Waals surface area contributed by atoms with Crippen LogP contribution in [-0.4, -0.2) is 73.2 Å². The first-order valence-corrected chi connectivity index (χ1v) is 13.5. The van der Waals surface area contributed by atoms with E-state index >= 15 is 0 Å². The van der Waals surface area contributed by atoms with Crippen molar-refractivity contribution >= 4 is 24.0 Å². The Morgan fingerprint density at radius 3 is 1.25 bits per heavy atom. The molecule has 2 atom stereocenters. The molecule has 0 unspecified atom stereocenters. The maximum Gasteiger partial charge on any atom is 0.331 e. The van der Waals surface area contributed by atoms with Gasteiger partial charge in [0, 0.05) is 38.3 Å². The molecule has 0 saturated carbocycles. The predicted octanol–water partition coefficient (Wildman–Crippen LogP) is 4.21. The van der Waals surface area contributed by atoms with Crippen LogP contribution in [0.15, 0.2) is 72.8 Å². The molecule has 0 aliphatic carbocycles. The van der Waals surface area contributed by atoms with E-state index in [1.54, 1.807) is 9.80 Å². The van der Waals surface area contributed by atoms with Gasteiger partial charge in [0.05, 0.1) is 12.1 Å². The van der Waals surface area contributed by atoms with Crippen molar-refractivity contribution in [3.8, 4) is 0 Å². The zero-order chi connectivity index (χ0) is 29.3. The molecule has 0 saturated heterocycles. The van der Waals surface area contributed by atoms with Crippen LogP contribution in [0.3, 0.4) is 0 Å². The van der Waals surface area contributed by atoms with E-state index in [1.807, 2.05) is 88.4 Å². The Morgan fingerprint density at radius 2 is 0.950 bits per heavy atom. The average molecular weight is 553 g/mol. The number of urea groups is 2. The summed E-state index contributed by atoms with van der Waals surface area (Å²) < 4.78 is 10.7. The smallest absolute Gasteiger partial charge is 0.331 e. The average Bonchev–Trinajstić information content (AvgIpc) is 2.98. The maximum absolute atomic E-state index is 12.6. The van der Waals surface area contributed by atoms with Crippen LogP contribution in [0.2, 0.25) is 0 Å². The number of nitrogens with one attached hydrogen (secondary N) is 2. The van der Waals surface area contributed by atoms with Crippen molar-refractivity contribution in [1.82, 2.24) is 20.4 Å². The normalized spacial score (nSPS) is 12.2. The Hall–Kier alpha value is -4.34. The van der Waals surface area contributed by atoms with Gasteiger partial charge in [-0.25, -0.2) is 19.2 Å². The predicted molar refractivity (Wildman–Crippen MR) is 152 cm³/mol. The lowest BCUT2D eigenvalue weighted by Crippen LogP contribution is -2.42. The van der Waals surface area contributed by atoms with Crippen molar-refractivity contribution in [3.63, 3.8) is 0 Å². The lowest BCUT2D eigenvalue weighted by Gasteiger charge is -2.25. The number of hydrogen-bond acceptors (Lipinski definition) is 6. The molecule has 2 rings (SSSR count). The van der Waals surface area contributed by atoms with Crippen LogP contribution in [0.4, 0.5) is 9.59 Å². The summed E-state index contributed by atoms with van der Waals surface area (Å²) in [5.41, 5.74) is 1.55. The van der Waals surface area contributed by atoms with Crippen molar-refractivity contribution in [2.45, 2.75) is 39.8 Å². The molecule has 0 bridgehead atoms. The van der Waals surface area contributed by atoms with E-state index in [9.17, 15) is 19.2 Å². The lowest BCUT2D eigenvalue weighted by atomic mass is 10.1. The Morgan fingerprint density at radius 1 is 0.625 bits per heavy atom. The van der Waals surface area contributed by atoms with Crippen LogP contribution in [0.5, 0.6) is 0 Å². The molecule has 4 amide bonds. The van der Waals surface area contributed by atoms with E-state index in [1.165, 1.54) is 0 Å². The molecular formula is C30H40N4O6. The zero-order valence-corrected chi connectivity index (χ0v) is 23.7. The van der Waals surface area contributed by atoms with E-state index in [0.717, 1.165) is 23.3 Å². The second kappa shape index (κ2) is 17.3. The summed E-state index contributed by atoms with van der Waals surface area (Å²) in [5, 5.41) is 5.78. The van der Waals surface area contributed by atoms with Gasteiger partial charge in [-0.2, -0.15) is 0 Å². The van der Waals surface area contributed by atoms with Gasteiger partial charge in [-0.1, -0.05) is 60.7 Å². The van der Waals surface area contributed by atoms with E-state index in [-0.39, 0.29) is 25.3 Å². The van der Waals surface area contributed by atoms with Gasteiger partial charge >= 0.3 is 24.0 Å². The van der Waals surface area contributed by atoms with Crippen molar-refractivity contribution < 1.29 is 28.7 Å². The van der Waals surface area contributed by atoms with Gasteiger partial charge in [-0.3, -0.25) is 0 Å². The van der Waals surface area contributed by atoms with Crippen molar-refractivity contribution in [2.75, 3.05) is 39.4 Å². The molecule has 0 spiro atoms. The first kappa shape index (κ1) is 31.9. The van der Waals surface area contributed by atoms with Gasteiger partial charge in [-0.15, -0.1) is 0 Å². The maximum atomic E-state index is 12.6. The molecular weight excluding hydrogens is 512 g/mol. The summed E-state index contributed by atoms with van der Waals surface area (Å²) >= 11 is 0. The monoisotopic (exact) mass is 552 g/mol. The number of esters is 2. The molecule has 0 aromatic heterocycles. The second-order valence-electron chi connectivity index (χ2n) is 8.76. The van der Waals surface area contributed by atoms with Crippen LogP contribution in [0, 0.1) is 0 Å². The molecule has 10 nitrogen and oxygen atoms in total. The molecule has 0 aliphatic heterocycles. The number of ether oxygens (including phenoxy) is 2. The number of amides is 4. The van der Waals surface area contributed by atoms with Crippen molar-refractivity contribution in [2.24, 2.45) is 0 Å². The van der Waals surface area contributed by atoms with E-state index < -0.39 is 24.0 Å². The highest BCUT2D eigenvalue weighted by molar-refractivity contribution is 5.91. The third-order valence-electron chi connectivity index (χ3n) is 6.24. The number of rotatable bonds is 14. The van der Waals surface area contributed by atoms with Crippen LogP contribution in [-0.2, 0) is 19.1 Å². The number of benzene rings is 2. The van der Waals surface area contributed by atoms with Crippen molar-refractivity contribution in [3.05, 3.63) is 83.9 Å².